The predicted octanol–water partition coefficient (Wildman–Crippen LogP) is 2.43. The van der Waals surface area contributed by atoms with Gasteiger partial charge in [-0.25, -0.2) is 0 Å². The lowest BCUT2D eigenvalue weighted by Gasteiger charge is -2.44. The molecule has 4 heteroatoms. The Bertz CT molecular complexity index is 491. The Balaban J connectivity index is 1.40. The number of rotatable bonds is 6. The second-order valence-corrected chi connectivity index (χ2v) is 7.83. The van der Waals surface area contributed by atoms with Gasteiger partial charge in [0.2, 0.25) is 5.91 Å². The average molecular weight is 332 g/mol. The SMILES string of the molecule is C/C=C\C=C(/C)CCN1CC[C@H](NC(=O)C2CN3CCC2CC3)C1. The van der Waals surface area contributed by atoms with Gasteiger partial charge in [-0.2, -0.15) is 0 Å². The van der Waals surface area contributed by atoms with Gasteiger partial charge in [-0.15, -0.1) is 0 Å². The van der Waals surface area contributed by atoms with E-state index >= 15 is 0 Å². The summed E-state index contributed by atoms with van der Waals surface area (Å²) in [5, 5.41) is 3.35. The van der Waals surface area contributed by atoms with Gasteiger partial charge in [0, 0.05) is 32.2 Å². The highest BCUT2D eigenvalue weighted by molar-refractivity contribution is 5.79. The average Bonchev–Trinajstić information content (AvgIpc) is 3.06. The van der Waals surface area contributed by atoms with Crippen molar-refractivity contribution >= 4 is 5.91 Å². The van der Waals surface area contributed by atoms with Crippen molar-refractivity contribution in [2.45, 2.75) is 45.6 Å². The normalized spacial score (nSPS) is 34.2. The van der Waals surface area contributed by atoms with Crippen LogP contribution >= 0.6 is 0 Å². The van der Waals surface area contributed by atoms with E-state index in [9.17, 15) is 4.79 Å². The van der Waals surface area contributed by atoms with Crippen LogP contribution < -0.4 is 5.32 Å². The van der Waals surface area contributed by atoms with Crippen LogP contribution in [0.25, 0.3) is 0 Å². The predicted molar refractivity (Wildman–Crippen MR) is 98.8 cm³/mol. The van der Waals surface area contributed by atoms with Crippen molar-refractivity contribution in [3.8, 4) is 0 Å². The van der Waals surface area contributed by atoms with Crippen LogP contribution in [-0.2, 0) is 4.79 Å². The molecule has 134 valence electrons. The minimum atomic E-state index is 0.243. The van der Waals surface area contributed by atoms with Crippen molar-refractivity contribution in [2.24, 2.45) is 11.8 Å². The van der Waals surface area contributed by atoms with Crippen molar-refractivity contribution in [1.29, 1.82) is 0 Å². The molecule has 1 unspecified atom stereocenters. The van der Waals surface area contributed by atoms with E-state index in [0.717, 1.165) is 39.0 Å². The Morgan fingerprint density at radius 1 is 1.17 bits per heavy atom. The van der Waals surface area contributed by atoms with Crippen LogP contribution in [0.15, 0.2) is 23.8 Å². The number of hydrogen-bond acceptors (Lipinski definition) is 3. The number of likely N-dealkylation sites (tertiary alicyclic amines) is 1. The van der Waals surface area contributed by atoms with Crippen LogP contribution in [0.4, 0.5) is 0 Å². The Hall–Kier alpha value is -1.13. The molecule has 4 nitrogen and oxygen atoms in total. The summed E-state index contributed by atoms with van der Waals surface area (Å²) in [6, 6.07) is 0.354. The summed E-state index contributed by atoms with van der Waals surface area (Å²) >= 11 is 0. The molecule has 1 amide bonds. The lowest BCUT2D eigenvalue weighted by atomic mass is 9.78. The van der Waals surface area contributed by atoms with Crippen molar-refractivity contribution in [1.82, 2.24) is 15.1 Å². The van der Waals surface area contributed by atoms with Gasteiger partial charge < -0.3 is 15.1 Å². The monoisotopic (exact) mass is 331 g/mol. The lowest BCUT2D eigenvalue weighted by molar-refractivity contribution is -0.131. The molecule has 0 spiro atoms. The van der Waals surface area contributed by atoms with Gasteiger partial charge in [-0.1, -0.05) is 23.8 Å². The fourth-order valence-electron chi connectivity index (χ4n) is 4.40. The second-order valence-electron chi connectivity index (χ2n) is 7.83. The molecule has 4 aliphatic rings. The molecule has 2 atom stereocenters. The molecule has 4 saturated heterocycles. The smallest absolute Gasteiger partial charge is 0.224 e. The van der Waals surface area contributed by atoms with Gasteiger partial charge >= 0.3 is 0 Å². The third-order valence-corrected chi connectivity index (χ3v) is 6.01. The van der Waals surface area contributed by atoms with Gasteiger partial charge in [0.25, 0.3) is 0 Å². The van der Waals surface area contributed by atoms with E-state index in [1.807, 2.05) is 6.92 Å². The van der Waals surface area contributed by atoms with E-state index in [2.05, 4.69) is 40.3 Å². The molecule has 4 aliphatic heterocycles. The molecule has 0 aromatic rings. The molecule has 0 aromatic heterocycles. The highest BCUT2D eigenvalue weighted by Gasteiger charge is 2.39. The quantitative estimate of drug-likeness (QED) is 0.759. The van der Waals surface area contributed by atoms with Crippen LogP contribution in [0.3, 0.4) is 0 Å². The van der Waals surface area contributed by atoms with E-state index < -0.39 is 0 Å². The summed E-state index contributed by atoms with van der Waals surface area (Å²) in [5.74, 6) is 1.19. The third-order valence-electron chi connectivity index (χ3n) is 6.01. The van der Waals surface area contributed by atoms with E-state index in [4.69, 9.17) is 0 Å². The number of carbonyl (C=O) groups excluding carboxylic acids is 1. The van der Waals surface area contributed by atoms with E-state index in [-0.39, 0.29) is 5.92 Å². The minimum absolute atomic E-state index is 0.243. The van der Waals surface area contributed by atoms with Crippen LogP contribution in [0.2, 0.25) is 0 Å². The second kappa shape index (κ2) is 8.30. The zero-order valence-corrected chi connectivity index (χ0v) is 15.3. The molecule has 0 saturated carbocycles. The van der Waals surface area contributed by atoms with Crippen molar-refractivity contribution in [3.63, 3.8) is 0 Å². The first kappa shape index (κ1) is 17.7. The minimum Gasteiger partial charge on any atom is -0.352 e. The van der Waals surface area contributed by atoms with Crippen molar-refractivity contribution in [3.05, 3.63) is 23.8 Å². The molecule has 4 fully saturated rings. The largest absolute Gasteiger partial charge is 0.352 e. The van der Waals surface area contributed by atoms with Gasteiger partial charge in [0.15, 0.2) is 0 Å². The van der Waals surface area contributed by atoms with Crippen molar-refractivity contribution < 1.29 is 4.79 Å². The Morgan fingerprint density at radius 3 is 2.62 bits per heavy atom. The summed E-state index contributed by atoms with van der Waals surface area (Å²) in [5.41, 5.74) is 1.42. The number of nitrogens with one attached hydrogen (secondary N) is 1. The van der Waals surface area contributed by atoms with E-state index in [1.165, 1.54) is 31.5 Å². The van der Waals surface area contributed by atoms with Gasteiger partial charge in [-0.05, 0) is 58.5 Å². The first-order chi connectivity index (χ1) is 11.7. The van der Waals surface area contributed by atoms with Crippen LogP contribution in [-0.4, -0.2) is 61.0 Å². The van der Waals surface area contributed by atoms with Gasteiger partial charge in [0.05, 0.1) is 5.92 Å². The standard InChI is InChI=1S/C20H33N3O/c1-3-4-5-16(2)6-10-22-13-9-18(14-22)21-20(24)19-15-23-11-7-17(19)8-12-23/h3-5,17-19H,6-15H2,1-2H3,(H,21,24)/b4-3-,16-5+/t18-,19?/m0/s1. The fourth-order valence-corrected chi connectivity index (χ4v) is 4.40. The molecule has 4 rings (SSSR count). The molecule has 1 N–H and O–H groups in total. The van der Waals surface area contributed by atoms with Gasteiger partial charge in [0.1, 0.15) is 0 Å². The summed E-state index contributed by atoms with van der Waals surface area (Å²) < 4.78 is 0. The van der Waals surface area contributed by atoms with Crippen LogP contribution in [0.5, 0.6) is 0 Å². The molecule has 2 bridgehead atoms. The number of nitrogens with zero attached hydrogens (tertiary/aromatic N) is 2. The summed E-state index contributed by atoms with van der Waals surface area (Å²) in [4.78, 5) is 17.6. The molecular weight excluding hydrogens is 298 g/mol. The molecule has 0 aliphatic carbocycles. The maximum atomic E-state index is 12.7. The maximum Gasteiger partial charge on any atom is 0.224 e. The Morgan fingerprint density at radius 2 is 1.96 bits per heavy atom. The third kappa shape index (κ3) is 4.48. The Labute approximate surface area is 147 Å². The summed E-state index contributed by atoms with van der Waals surface area (Å²) in [6.45, 7) is 10.9. The summed E-state index contributed by atoms with van der Waals surface area (Å²) in [6.07, 6.45) is 11.0. The number of hydrogen-bond donors (Lipinski definition) is 1. The zero-order valence-electron chi connectivity index (χ0n) is 15.3. The summed E-state index contributed by atoms with van der Waals surface area (Å²) in [7, 11) is 0. The maximum absolute atomic E-state index is 12.7. The molecule has 4 heterocycles. The molecule has 0 aromatic carbocycles. The van der Waals surface area contributed by atoms with E-state index in [0.29, 0.717) is 17.9 Å². The van der Waals surface area contributed by atoms with E-state index in [1.54, 1.807) is 0 Å². The van der Waals surface area contributed by atoms with Crippen LogP contribution in [0.1, 0.15) is 39.5 Å². The number of amides is 1. The number of fused-ring (bicyclic) bond motifs is 3. The number of piperidine rings is 3. The number of carbonyl (C=O) groups is 1. The molecular formula is C20H33N3O. The highest BCUT2D eigenvalue weighted by Crippen LogP contribution is 2.32. The topological polar surface area (TPSA) is 35.6 Å². The molecule has 24 heavy (non-hydrogen) atoms. The molecule has 0 radical (unpaired) electrons. The van der Waals surface area contributed by atoms with Gasteiger partial charge in [-0.3, -0.25) is 4.79 Å². The number of allylic oxidation sites excluding steroid dienone is 3. The highest BCUT2D eigenvalue weighted by atomic mass is 16.2. The zero-order chi connectivity index (χ0) is 16.9. The van der Waals surface area contributed by atoms with Crippen LogP contribution in [0, 0.1) is 11.8 Å². The first-order valence-electron chi connectivity index (χ1n) is 9.69. The Kier molecular flexibility index (Phi) is 6.12. The lowest BCUT2D eigenvalue weighted by Crippen LogP contribution is -2.54. The van der Waals surface area contributed by atoms with Crippen molar-refractivity contribution in [2.75, 3.05) is 39.3 Å². The first-order valence-corrected chi connectivity index (χ1v) is 9.69. The fraction of sp³-hybridized carbons (Fsp3) is 0.750.